The number of ether oxygens (including phenoxy) is 3. The van der Waals surface area contributed by atoms with Crippen molar-refractivity contribution in [1.29, 1.82) is 0 Å². The maximum absolute atomic E-state index is 12.5. The van der Waals surface area contributed by atoms with Crippen LogP contribution in [0.3, 0.4) is 0 Å². The molecule has 0 aliphatic rings. The van der Waals surface area contributed by atoms with Crippen molar-refractivity contribution in [3.05, 3.63) is 81.0 Å². The van der Waals surface area contributed by atoms with E-state index in [1.54, 1.807) is 30.3 Å². The Labute approximate surface area is 187 Å². The number of pyridine rings is 1. The molecule has 32 heavy (non-hydrogen) atoms. The van der Waals surface area contributed by atoms with Gasteiger partial charge in [-0.15, -0.1) is 0 Å². The standard InChI is InChI=1S/C21H17ClN4O6/c1-30-16-6-3-14(4-7-16)21(27)32-20-17(22)9-13(10-18(20)31-2)11-24-25-19-8-5-15(12-23-19)26(28)29/h3-12H,1-2H3,(H,23,25)/b24-11-. The fourth-order valence-electron chi connectivity index (χ4n) is 2.53. The number of hydrogen-bond acceptors (Lipinski definition) is 9. The first kappa shape index (κ1) is 22.5. The Balaban J connectivity index is 1.73. The van der Waals surface area contributed by atoms with Crippen molar-refractivity contribution >= 4 is 35.3 Å². The number of nitro groups is 1. The summed E-state index contributed by atoms with van der Waals surface area (Å²) in [6.07, 6.45) is 2.55. The molecule has 1 N–H and O–H groups in total. The molecule has 0 saturated carbocycles. The van der Waals surface area contributed by atoms with Crippen molar-refractivity contribution in [2.24, 2.45) is 5.10 Å². The molecule has 3 rings (SSSR count). The van der Waals surface area contributed by atoms with Gasteiger partial charge in [0.15, 0.2) is 11.5 Å². The molecule has 0 spiro atoms. The van der Waals surface area contributed by atoms with Gasteiger partial charge in [-0.05, 0) is 48.0 Å². The van der Waals surface area contributed by atoms with Crippen LogP contribution in [0.5, 0.6) is 17.2 Å². The van der Waals surface area contributed by atoms with Crippen LogP contribution in [0, 0.1) is 10.1 Å². The summed E-state index contributed by atoms with van der Waals surface area (Å²) in [5.41, 5.74) is 3.38. The number of nitrogens with zero attached hydrogens (tertiary/aromatic N) is 3. The number of esters is 1. The maximum atomic E-state index is 12.5. The molecule has 3 aromatic rings. The number of aromatic nitrogens is 1. The summed E-state index contributed by atoms with van der Waals surface area (Å²) in [6, 6.07) is 12.3. The van der Waals surface area contributed by atoms with Crippen molar-refractivity contribution in [3.8, 4) is 17.2 Å². The van der Waals surface area contributed by atoms with Crippen LogP contribution in [-0.4, -0.2) is 36.3 Å². The molecule has 164 valence electrons. The van der Waals surface area contributed by atoms with Gasteiger partial charge < -0.3 is 14.2 Å². The Morgan fingerprint density at radius 1 is 1.16 bits per heavy atom. The SMILES string of the molecule is COc1ccc(C(=O)Oc2c(Cl)cc(/C=N\Nc3ccc([N+](=O)[O-])cn3)cc2OC)cc1. The van der Waals surface area contributed by atoms with Crippen molar-refractivity contribution < 1.29 is 23.9 Å². The highest BCUT2D eigenvalue weighted by atomic mass is 35.5. The third kappa shape index (κ3) is 5.49. The molecule has 1 heterocycles. The highest BCUT2D eigenvalue weighted by molar-refractivity contribution is 6.32. The first-order valence-electron chi connectivity index (χ1n) is 9.04. The molecule has 0 unspecified atom stereocenters. The number of nitrogens with one attached hydrogen (secondary N) is 1. The van der Waals surface area contributed by atoms with E-state index in [-0.39, 0.29) is 22.2 Å². The van der Waals surface area contributed by atoms with Gasteiger partial charge in [0.2, 0.25) is 0 Å². The van der Waals surface area contributed by atoms with Gasteiger partial charge in [0, 0.05) is 6.07 Å². The van der Waals surface area contributed by atoms with Gasteiger partial charge in [-0.25, -0.2) is 9.78 Å². The Morgan fingerprint density at radius 2 is 1.91 bits per heavy atom. The van der Waals surface area contributed by atoms with Crippen LogP contribution in [-0.2, 0) is 0 Å². The van der Waals surface area contributed by atoms with Crippen LogP contribution >= 0.6 is 11.6 Å². The third-order valence-electron chi connectivity index (χ3n) is 4.12. The molecule has 0 amide bonds. The van der Waals surface area contributed by atoms with Crippen molar-refractivity contribution in [1.82, 2.24) is 4.98 Å². The van der Waals surface area contributed by atoms with Gasteiger partial charge in [0.05, 0.1) is 35.9 Å². The number of halogens is 1. The summed E-state index contributed by atoms with van der Waals surface area (Å²) < 4.78 is 15.8. The first-order chi connectivity index (χ1) is 15.4. The second-order valence-corrected chi connectivity index (χ2v) is 6.59. The molecule has 0 aliphatic heterocycles. The van der Waals surface area contributed by atoms with Crippen LogP contribution < -0.4 is 19.6 Å². The van der Waals surface area contributed by atoms with E-state index in [4.69, 9.17) is 25.8 Å². The topological polar surface area (TPSA) is 125 Å². The van der Waals surface area contributed by atoms with Crippen LogP contribution in [0.4, 0.5) is 11.5 Å². The smallest absolute Gasteiger partial charge is 0.343 e. The number of rotatable bonds is 8. The molecule has 0 fully saturated rings. The number of methoxy groups -OCH3 is 2. The molecule has 1 aromatic heterocycles. The number of hydrogen-bond donors (Lipinski definition) is 1. The number of anilines is 1. The molecule has 0 radical (unpaired) electrons. The molecule has 10 nitrogen and oxygen atoms in total. The van der Waals surface area contributed by atoms with E-state index in [9.17, 15) is 14.9 Å². The van der Waals surface area contributed by atoms with E-state index < -0.39 is 10.9 Å². The molecule has 2 aromatic carbocycles. The number of carbonyl (C=O) groups is 1. The number of hydrazone groups is 1. The zero-order chi connectivity index (χ0) is 23.1. The Morgan fingerprint density at radius 3 is 2.50 bits per heavy atom. The lowest BCUT2D eigenvalue weighted by molar-refractivity contribution is -0.385. The average Bonchev–Trinajstić information content (AvgIpc) is 2.80. The second kappa shape index (κ2) is 10.2. The van der Waals surface area contributed by atoms with Crippen molar-refractivity contribution in [2.45, 2.75) is 0 Å². The zero-order valence-electron chi connectivity index (χ0n) is 16.9. The highest BCUT2D eigenvalue weighted by Crippen LogP contribution is 2.36. The van der Waals surface area contributed by atoms with E-state index in [2.05, 4.69) is 15.5 Å². The lowest BCUT2D eigenvalue weighted by Crippen LogP contribution is -2.10. The van der Waals surface area contributed by atoms with Gasteiger partial charge in [-0.3, -0.25) is 15.5 Å². The van der Waals surface area contributed by atoms with Crippen LogP contribution in [0.1, 0.15) is 15.9 Å². The van der Waals surface area contributed by atoms with Gasteiger partial charge in [-0.1, -0.05) is 11.6 Å². The summed E-state index contributed by atoms with van der Waals surface area (Å²) in [5, 5.41) is 14.8. The summed E-state index contributed by atoms with van der Waals surface area (Å²) in [5.74, 6) is 0.611. The summed E-state index contributed by atoms with van der Waals surface area (Å²) in [4.78, 5) is 26.5. The van der Waals surface area contributed by atoms with E-state index in [1.165, 1.54) is 38.6 Å². The Kier molecular flexibility index (Phi) is 7.19. The van der Waals surface area contributed by atoms with E-state index in [0.717, 1.165) is 6.20 Å². The maximum Gasteiger partial charge on any atom is 0.343 e. The summed E-state index contributed by atoms with van der Waals surface area (Å²) in [6.45, 7) is 0. The number of benzene rings is 2. The first-order valence-corrected chi connectivity index (χ1v) is 9.42. The Bertz CT molecular complexity index is 1150. The van der Waals surface area contributed by atoms with Crippen molar-refractivity contribution in [3.63, 3.8) is 0 Å². The van der Waals surface area contributed by atoms with E-state index in [1.807, 2.05) is 0 Å². The lowest BCUT2D eigenvalue weighted by Gasteiger charge is -2.12. The van der Waals surface area contributed by atoms with Crippen LogP contribution in [0.15, 0.2) is 59.8 Å². The van der Waals surface area contributed by atoms with Gasteiger partial charge >= 0.3 is 5.97 Å². The van der Waals surface area contributed by atoms with Gasteiger partial charge in [0.25, 0.3) is 5.69 Å². The molecule has 0 atom stereocenters. The summed E-state index contributed by atoms with van der Waals surface area (Å²) in [7, 11) is 2.94. The quantitative estimate of drug-likeness (QED) is 0.174. The second-order valence-electron chi connectivity index (χ2n) is 6.18. The predicted molar refractivity (Wildman–Crippen MR) is 118 cm³/mol. The zero-order valence-corrected chi connectivity index (χ0v) is 17.7. The third-order valence-corrected chi connectivity index (χ3v) is 4.40. The molecular weight excluding hydrogens is 440 g/mol. The molecule has 0 aliphatic carbocycles. The van der Waals surface area contributed by atoms with Crippen LogP contribution in [0.25, 0.3) is 0 Å². The van der Waals surface area contributed by atoms with Gasteiger partial charge in [-0.2, -0.15) is 5.10 Å². The molecule has 0 saturated heterocycles. The number of carbonyl (C=O) groups excluding carboxylic acids is 1. The lowest BCUT2D eigenvalue weighted by atomic mass is 10.2. The fourth-order valence-corrected chi connectivity index (χ4v) is 2.78. The monoisotopic (exact) mass is 456 g/mol. The molecule has 11 heteroatoms. The minimum Gasteiger partial charge on any atom is -0.497 e. The van der Waals surface area contributed by atoms with Crippen molar-refractivity contribution in [2.75, 3.05) is 19.6 Å². The van der Waals surface area contributed by atoms with E-state index in [0.29, 0.717) is 22.7 Å². The Hall–Kier alpha value is -4.18. The normalized spacial score (nSPS) is 10.6. The summed E-state index contributed by atoms with van der Waals surface area (Å²) >= 11 is 6.30. The predicted octanol–water partition coefficient (Wildman–Crippen LogP) is 4.33. The van der Waals surface area contributed by atoms with E-state index >= 15 is 0 Å². The minimum absolute atomic E-state index is 0.0668. The van der Waals surface area contributed by atoms with Crippen LogP contribution in [0.2, 0.25) is 5.02 Å². The fraction of sp³-hybridized carbons (Fsp3) is 0.0952. The van der Waals surface area contributed by atoms with Gasteiger partial charge in [0.1, 0.15) is 17.8 Å². The molecular formula is C21H17ClN4O6. The minimum atomic E-state index is -0.611. The average molecular weight is 457 g/mol. The highest BCUT2D eigenvalue weighted by Gasteiger charge is 2.17. The largest absolute Gasteiger partial charge is 0.497 e. The molecule has 0 bridgehead atoms.